The monoisotopic (exact) mass is 444 g/mol. The number of hydrogen-bond donors (Lipinski definition) is 2. The van der Waals surface area contributed by atoms with Gasteiger partial charge in [0.1, 0.15) is 0 Å². The second-order valence-corrected chi connectivity index (χ2v) is 8.13. The van der Waals surface area contributed by atoms with Gasteiger partial charge in [-0.1, -0.05) is 24.4 Å². The Labute approximate surface area is 185 Å². The fourth-order valence-electron chi connectivity index (χ4n) is 3.88. The molecule has 0 bridgehead atoms. The second kappa shape index (κ2) is 9.89. The van der Waals surface area contributed by atoms with Gasteiger partial charge in [-0.15, -0.1) is 0 Å². The van der Waals surface area contributed by atoms with E-state index in [0.29, 0.717) is 28.4 Å². The normalized spacial score (nSPS) is 18.3. The van der Waals surface area contributed by atoms with Gasteiger partial charge in [0.2, 0.25) is 5.91 Å². The zero-order chi connectivity index (χ0) is 22.5. The Hall–Kier alpha value is -2.97. The predicted octanol–water partition coefficient (Wildman–Crippen LogP) is 4.12. The lowest BCUT2D eigenvalue weighted by Gasteiger charge is -2.38. The van der Waals surface area contributed by atoms with Crippen molar-refractivity contribution in [3.8, 4) is 0 Å². The SMILES string of the molecule is CC(=O)N(Cc1cc(NC(=O)c2ccc([N+](=O)[O-])cc2)ccc1Cl)C1CCCCC1N. The molecular weight excluding hydrogens is 420 g/mol. The highest BCUT2D eigenvalue weighted by molar-refractivity contribution is 6.31. The molecule has 1 aliphatic carbocycles. The van der Waals surface area contributed by atoms with E-state index in [1.165, 1.54) is 31.2 Å². The van der Waals surface area contributed by atoms with Gasteiger partial charge in [-0.25, -0.2) is 0 Å². The van der Waals surface area contributed by atoms with E-state index in [2.05, 4.69) is 5.32 Å². The average molecular weight is 445 g/mol. The van der Waals surface area contributed by atoms with Crippen molar-refractivity contribution in [3.63, 3.8) is 0 Å². The molecule has 2 aromatic rings. The van der Waals surface area contributed by atoms with Crippen molar-refractivity contribution in [3.05, 3.63) is 68.7 Å². The van der Waals surface area contributed by atoms with Crippen molar-refractivity contribution >= 4 is 34.8 Å². The first-order valence-corrected chi connectivity index (χ1v) is 10.5. The lowest BCUT2D eigenvalue weighted by Crippen LogP contribution is -2.51. The van der Waals surface area contributed by atoms with Gasteiger partial charge in [0.05, 0.1) is 4.92 Å². The maximum atomic E-state index is 12.5. The zero-order valence-corrected chi connectivity index (χ0v) is 18.0. The van der Waals surface area contributed by atoms with Gasteiger partial charge in [0.15, 0.2) is 0 Å². The number of nitrogens with one attached hydrogen (secondary N) is 1. The highest BCUT2D eigenvalue weighted by Crippen LogP contribution is 2.27. The molecule has 0 spiro atoms. The number of amides is 2. The third-order valence-corrected chi connectivity index (χ3v) is 5.94. The largest absolute Gasteiger partial charge is 0.334 e. The quantitative estimate of drug-likeness (QED) is 0.513. The molecule has 1 aliphatic rings. The standard InChI is InChI=1S/C22H25ClN4O4/c1-14(28)26(21-5-3-2-4-20(21)24)13-16-12-17(8-11-19(16)23)25-22(29)15-6-9-18(10-7-15)27(30)31/h6-12,20-21H,2-5,13,24H2,1H3,(H,25,29). The summed E-state index contributed by atoms with van der Waals surface area (Å²) in [5, 5.41) is 14.0. The van der Waals surface area contributed by atoms with Crippen LogP contribution in [0.5, 0.6) is 0 Å². The first-order chi connectivity index (χ1) is 14.8. The van der Waals surface area contributed by atoms with Crippen molar-refractivity contribution in [2.24, 2.45) is 5.73 Å². The number of carbonyl (C=O) groups is 2. The maximum absolute atomic E-state index is 12.5. The van der Waals surface area contributed by atoms with Crippen LogP contribution in [0.4, 0.5) is 11.4 Å². The van der Waals surface area contributed by atoms with Crippen LogP contribution in [-0.2, 0) is 11.3 Å². The molecular formula is C22H25ClN4O4. The number of non-ortho nitro benzene ring substituents is 1. The van der Waals surface area contributed by atoms with Gasteiger partial charge in [-0.3, -0.25) is 19.7 Å². The van der Waals surface area contributed by atoms with E-state index < -0.39 is 10.8 Å². The van der Waals surface area contributed by atoms with Crippen LogP contribution in [0.3, 0.4) is 0 Å². The van der Waals surface area contributed by atoms with Gasteiger partial charge in [0, 0.05) is 54.0 Å². The van der Waals surface area contributed by atoms with Crippen LogP contribution in [0.2, 0.25) is 5.02 Å². The molecule has 2 atom stereocenters. The number of nitro benzene ring substituents is 1. The molecule has 2 unspecified atom stereocenters. The molecule has 3 rings (SSSR count). The van der Waals surface area contributed by atoms with E-state index in [-0.39, 0.29) is 23.7 Å². The fraction of sp³-hybridized carbons (Fsp3) is 0.364. The summed E-state index contributed by atoms with van der Waals surface area (Å²) >= 11 is 6.38. The third kappa shape index (κ3) is 5.59. The summed E-state index contributed by atoms with van der Waals surface area (Å²) in [6, 6.07) is 10.3. The van der Waals surface area contributed by atoms with Crippen LogP contribution < -0.4 is 11.1 Å². The van der Waals surface area contributed by atoms with Gasteiger partial charge < -0.3 is 16.0 Å². The lowest BCUT2D eigenvalue weighted by atomic mass is 9.89. The van der Waals surface area contributed by atoms with Crippen LogP contribution in [-0.4, -0.2) is 33.7 Å². The van der Waals surface area contributed by atoms with E-state index in [1.807, 2.05) is 0 Å². The summed E-state index contributed by atoms with van der Waals surface area (Å²) < 4.78 is 0. The number of carbonyl (C=O) groups excluding carboxylic acids is 2. The summed E-state index contributed by atoms with van der Waals surface area (Å²) in [7, 11) is 0. The Morgan fingerprint density at radius 1 is 1.19 bits per heavy atom. The Balaban J connectivity index is 1.76. The number of halogens is 1. The van der Waals surface area contributed by atoms with Gasteiger partial charge in [-0.05, 0) is 48.7 Å². The van der Waals surface area contributed by atoms with Crippen molar-refractivity contribution < 1.29 is 14.5 Å². The summed E-state index contributed by atoms with van der Waals surface area (Å²) in [5.74, 6) is -0.473. The number of nitrogens with zero attached hydrogens (tertiary/aromatic N) is 2. The first kappa shape index (κ1) is 22.7. The fourth-order valence-corrected chi connectivity index (χ4v) is 4.06. The van der Waals surface area contributed by atoms with Crippen molar-refractivity contribution in [2.75, 3.05) is 5.32 Å². The molecule has 0 aliphatic heterocycles. The van der Waals surface area contributed by atoms with Gasteiger partial charge >= 0.3 is 0 Å². The van der Waals surface area contributed by atoms with E-state index in [1.54, 1.807) is 23.1 Å². The van der Waals surface area contributed by atoms with E-state index in [0.717, 1.165) is 25.7 Å². The molecule has 0 heterocycles. The first-order valence-electron chi connectivity index (χ1n) is 10.1. The van der Waals surface area contributed by atoms with Crippen LogP contribution >= 0.6 is 11.6 Å². The van der Waals surface area contributed by atoms with Crippen LogP contribution in [0.15, 0.2) is 42.5 Å². The van der Waals surface area contributed by atoms with E-state index in [4.69, 9.17) is 17.3 Å². The van der Waals surface area contributed by atoms with E-state index >= 15 is 0 Å². The molecule has 2 amide bonds. The van der Waals surface area contributed by atoms with Crippen LogP contribution in [0, 0.1) is 10.1 Å². The second-order valence-electron chi connectivity index (χ2n) is 7.73. The molecule has 1 fully saturated rings. The van der Waals surface area contributed by atoms with Crippen molar-refractivity contribution in [1.82, 2.24) is 4.90 Å². The number of hydrogen-bond acceptors (Lipinski definition) is 5. The smallest absolute Gasteiger partial charge is 0.269 e. The molecule has 3 N–H and O–H groups in total. The summed E-state index contributed by atoms with van der Waals surface area (Å²) in [6.07, 6.45) is 3.83. The summed E-state index contributed by atoms with van der Waals surface area (Å²) in [5.41, 5.74) is 7.70. The minimum atomic E-state index is -0.522. The number of nitrogens with two attached hydrogens (primary N) is 1. The molecule has 31 heavy (non-hydrogen) atoms. The number of anilines is 1. The summed E-state index contributed by atoms with van der Waals surface area (Å²) in [4.78, 5) is 36.9. The Morgan fingerprint density at radius 2 is 1.87 bits per heavy atom. The van der Waals surface area contributed by atoms with Crippen LogP contribution in [0.25, 0.3) is 0 Å². The lowest BCUT2D eigenvalue weighted by molar-refractivity contribution is -0.384. The van der Waals surface area contributed by atoms with Crippen molar-refractivity contribution in [2.45, 2.75) is 51.2 Å². The molecule has 0 saturated heterocycles. The maximum Gasteiger partial charge on any atom is 0.269 e. The third-order valence-electron chi connectivity index (χ3n) is 5.57. The Kier molecular flexibility index (Phi) is 7.25. The molecule has 2 aromatic carbocycles. The minimum Gasteiger partial charge on any atom is -0.334 e. The van der Waals surface area contributed by atoms with Gasteiger partial charge in [-0.2, -0.15) is 0 Å². The highest BCUT2D eigenvalue weighted by atomic mass is 35.5. The van der Waals surface area contributed by atoms with Crippen LogP contribution in [0.1, 0.15) is 48.5 Å². The average Bonchev–Trinajstić information content (AvgIpc) is 2.74. The number of benzene rings is 2. The topological polar surface area (TPSA) is 119 Å². The summed E-state index contributed by atoms with van der Waals surface area (Å²) in [6.45, 7) is 1.82. The Morgan fingerprint density at radius 3 is 2.48 bits per heavy atom. The number of rotatable bonds is 6. The zero-order valence-electron chi connectivity index (χ0n) is 17.2. The minimum absolute atomic E-state index is 0.0410. The highest BCUT2D eigenvalue weighted by Gasteiger charge is 2.29. The number of nitro groups is 1. The van der Waals surface area contributed by atoms with E-state index in [9.17, 15) is 19.7 Å². The molecule has 0 aromatic heterocycles. The molecule has 164 valence electrons. The van der Waals surface area contributed by atoms with Gasteiger partial charge in [0.25, 0.3) is 11.6 Å². The Bertz CT molecular complexity index is 980. The molecule has 8 nitrogen and oxygen atoms in total. The predicted molar refractivity (Wildman–Crippen MR) is 119 cm³/mol. The molecule has 9 heteroatoms. The molecule has 1 saturated carbocycles. The van der Waals surface area contributed by atoms with Crippen molar-refractivity contribution in [1.29, 1.82) is 0 Å². The molecule has 0 radical (unpaired) electrons.